The Bertz CT molecular complexity index is 769. The number of nitrogens with one attached hydrogen (secondary N) is 2. The van der Waals surface area contributed by atoms with E-state index in [2.05, 4.69) is 10.6 Å². The van der Waals surface area contributed by atoms with Gasteiger partial charge in [0.2, 0.25) is 3.79 Å². The number of alkyl halides is 3. The van der Waals surface area contributed by atoms with Crippen molar-refractivity contribution < 1.29 is 4.79 Å². The predicted octanol–water partition coefficient (Wildman–Crippen LogP) is 6.84. The second kappa shape index (κ2) is 8.62. The minimum absolute atomic E-state index is 0.198. The van der Waals surface area contributed by atoms with Gasteiger partial charge in [0, 0.05) is 5.02 Å². The number of carbonyl (C=O) groups is 1. The van der Waals surface area contributed by atoms with Crippen LogP contribution in [0, 0.1) is 0 Å². The normalized spacial score (nSPS) is 12.6. The van der Waals surface area contributed by atoms with E-state index in [1.165, 1.54) is 18.2 Å². The van der Waals surface area contributed by atoms with E-state index < -0.39 is 15.9 Å². The fraction of sp³-hybridized carbons (Fsp3) is 0.133. The Labute approximate surface area is 179 Å². The lowest BCUT2D eigenvalue weighted by Gasteiger charge is -2.28. The van der Waals surface area contributed by atoms with Crippen LogP contribution < -0.4 is 10.6 Å². The zero-order valence-electron chi connectivity index (χ0n) is 12.1. The van der Waals surface area contributed by atoms with Gasteiger partial charge in [-0.15, -0.1) is 0 Å². The largest absolute Gasteiger partial charge is 0.359 e. The van der Waals surface area contributed by atoms with Crippen molar-refractivity contribution in [2.24, 2.45) is 0 Å². The second-order valence-corrected chi connectivity index (χ2v) is 8.84. The molecule has 0 aromatic heterocycles. The van der Waals surface area contributed by atoms with Crippen LogP contribution >= 0.6 is 81.2 Å². The third-order valence-corrected chi connectivity index (χ3v) is 4.82. The van der Waals surface area contributed by atoms with Gasteiger partial charge < -0.3 is 10.6 Å². The number of benzene rings is 2. The Morgan fingerprint density at radius 3 is 2.00 bits per heavy atom. The summed E-state index contributed by atoms with van der Waals surface area (Å²) in [4.78, 5) is 12.4. The molecule has 1 atom stereocenters. The average molecular weight is 481 g/mol. The zero-order chi connectivity index (χ0) is 18.8. The van der Waals surface area contributed by atoms with Crippen molar-refractivity contribution in [1.29, 1.82) is 0 Å². The number of hydrogen-bond donors (Lipinski definition) is 2. The van der Waals surface area contributed by atoms with E-state index >= 15 is 0 Å². The molecule has 0 radical (unpaired) electrons. The molecule has 2 N–H and O–H groups in total. The van der Waals surface area contributed by atoms with Crippen molar-refractivity contribution in [2.75, 3.05) is 5.32 Å². The maximum atomic E-state index is 12.4. The molecule has 0 bridgehead atoms. The molecule has 0 heterocycles. The molecule has 0 aliphatic carbocycles. The van der Waals surface area contributed by atoms with Crippen molar-refractivity contribution in [3.8, 4) is 0 Å². The van der Waals surface area contributed by atoms with Gasteiger partial charge in [-0.25, -0.2) is 0 Å². The van der Waals surface area contributed by atoms with Crippen LogP contribution in [0.2, 0.25) is 20.1 Å². The third-order valence-electron chi connectivity index (χ3n) is 3.02. The van der Waals surface area contributed by atoms with Gasteiger partial charge in [-0.2, -0.15) is 0 Å². The molecule has 2 rings (SSSR count). The molecule has 0 fully saturated rings. The maximum absolute atomic E-state index is 12.4. The van der Waals surface area contributed by atoms with Gasteiger partial charge in [0.25, 0.3) is 5.91 Å². The lowest BCUT2D eigenvalue weighted by Crippen LogP contribution is -2.49. The minimum atomic E-state index is -1.91. The van der Waals surface area contributed by atoms with E-state index in [9.17, 15) is 4.79 Å². The summed E-state index contributed by atoms with van der Waals surface area (Å²) >= 11 is 42.0. The zero-order valence-corrected chi connectivity index (χ0v) is 17.4. The van der Waals surface area contributed by atoms with Crippen LogP contribution in [-0.4, -0.2) is 15.9 Å². The summed E-state index contributed by atoms with van der Waals surface area (Å²) in [5.41, 5.74) is 0.474. The second-order valence-electron chi connectivity index (χ2n) is 4.82. The quantitative estimate of drug-likeness (QED) is 0.371. The first-order valence-electron chi connectivity index (χ1n) is 6.63. The third kappa shape index (κ3) is 5.61. The van der Waals surface area contributed by atoms with Crippen molar-refractivity contribution in [2.45, 2.75) is 9.96 Å². The molecular weight excluding hydrogens is 472 g/mol. The molecule has 2 aromatic carbocycles. The maximum Gasteiger partial charge on any atom is 0.254 e. The van der Waals surface area contributed by atoms with Gasteiger partial charge in [-0.1, -0.05) is 93.3 Å². The topological polar surface area (TPSA) is 41.1 Å². The molecule has 0 saturated heterocycles. The first kappa shape index (κ1) is 21.0. The van der Waals surface area contributed by atoms with E-state index in [1.807, 2.05) is 0 Å². The molecule has 10 heteroatoms. The van der Waals surface area contributed by atoms with E-state index in [0.717, 1.165) is 0 Å². The summed E-state index contributed by atoms with van der Waals surface area (Å²) in [5.74, 6) is -0.546. The Morgan fingerprint density at radius 1 is 0.920 bits per heavy atom. The Balaban J connectivity index is 2.30. The number of rotatable bonds is 4. The standard InChI is InChI=1S/C15H9Cl7N2O/c16-7-5-10(18)12(11(19)6-7)23-14(15(20,21)22)24-13(25)8-3-1-2-4-9(8)17/h1-6,14,23H,(H,24,25). The Kier molecular flexibility index (Phi) is 7.26. The highest BCUT2D eigenvalue weighted by Gasteiger charge is 2.35. The number of halogens is 7. The van der Waals surface area contributed by atoms with E-state index in [1.54, 1.807) is 18.2 Å². The molecule has 0 aliphatic heterocycles. The molecular formula is C15H9Cl7N2O. The van der Waals surface area contributed by atoms with Crippen LogP contribution in [-0.2, 0) is 0 Å². The van der Waals surface area contributed by atoms with Crippen molar-refractivity contribution in [3.63, 3.8) is 0 Å². The summed E-state index contributed by atoms with van der Waals surface area (Å²) in [6.07, 6.45) is -1.16. The van der Waals surface area contributed by atoms with Gasteiger partial charge in [-0.05, 0) is 24.3 Å². The summed E-state index contributed by atoms with van der Waals surface area (Å²) < 4.78 is -1.91. The number of amides is 1. The smallest absolute Gasteiger partial charge is 0.254 e. The predicted molar refractivity (Wildman–Crippen MR) is 108 cm³/mol. The van der Waals surface area contributed by atoms with Gasteiger partial charge in [0.15, 0.2) is 0 Å². The Morgan fingerprint density at radius 2 is 1.48 bits per heavy atom. The van der Waals surface area contributed by atoms with Crippen molar-refractivity contribution >= 4 is 92.8 Å². The average Bonchev–Trinajstić information content (AvgIpc) is 2.48. The molecule has 2 aromatic rings. The van der Waals surface area contributed by atoms with Crippen LogP contribution in [0.3, 0.4) is 0 Å². The highest BCUT2D eigenvalue weighted by Crippen LogP contribution is 2.37. The fourth-order valence-corrected chi connectivity index (χ4v) is 3.35. The molecule has 0 saturated carbocycles. The van der Waals surface area contributed by atoms with Crippen molar-refractivity contribution in [3.05, 3.63) is 62.1 Å². The van der Waals surface area contributed by atoms with Crippen molar-refractivity contribution in [1.82, 2.24) is 5.32 Å². The van der Waals surface area contributed by atoms with E-state index in [4.69, 9.17) is 81.2 Å². The van der Waals surface area contributed by atoms with Crippen LogP contribution in [0.5, 0.6) is 0 Å². The van der Waals surface area contributed by atoms with Crippen LogP contribution in [0.4, 0.5) is 5.69 Å². The first-order chi connectivity index (χ1) is 11.6. The molecule has 0 spiro atoms. The van der Waals surface area contributed by atoms with Gasteiger partial charge in [0.1, 0.15) is 6.17 Å². The highest BCUT2D eigenvalue weighted by molar-refractivity contribution is 6.68. The molecule has 3 nitrogen and oxygen atoms in total. The summed E-state index contributed by atoms with van der Waals surface area (Å²) in [6.45, 7) is 0. The lowest BCUT2D eigenvalue weighted by atomic mass is 10.2. The molecule has 1 unspecified atom stereocenters. The highest BCUT2D eigenvalue weighted by atomic mass is 35.6. The first-order valence-corrected chi connectivity index (χ1v) is 9.27. The van der Waals surface area contributed by atoms with Gasteiger partial charge in [0.05, 0.1) is 26.3 Å². The number of hydrogen-bond acceptors (Lipinski definition) is 2. The molecule has 134 valence electrons. The van der Waals surface area contributed by atoms with Gasteiger partial charge >= 0.3 is 0 Å². The minimum Gasteiger partial charge on any atom is -0.359 e. The summed E-state index contributed by atoms with van der Waals surface area (Å²) in [7, 11) is 0. The summed E-state index contributed by atoms with van der Waals surface area (Å²) in [6, 6.07) is 9.38. The fourth-order valence-electron chi connectivity index (χ4n) is 1.88. The van der Waals surface area contributed by atoms with Gasteiger partial charge in [-0.3, -0.25) is 4.79 Å². The van der Waals surface area contributed by atoms with Crippen LogP contribution in [0.25, 0.3) is 0 Å². The Hall–Kier alpha value is -0.260. The lowest BCUT2D eigenvalue weighted by molar-refractivity contribution is 0.0942. The SMILES string of the molecule is O=C(NC(Nc1c(Cl)cc(Cl)cc1Cl)C(Cl)(Cl)Cl)c1ccccc1Cl. The van der Waals surface area contributed by atoms with E-state index in [-0.39, 0.29) is 26.3 Å². The van der Waals surface area contributed by atoms with Crippen LogP contribution in [0.15, 0.2) is 36.4 Å². The van der Waals surface area contributed by atoms with Crippen LogP contribution in [0.1, 0.15) is 10.4 Å². The molecule has 25 heavy (non-hydrogen) atoms. The monoisotopic (exact) mass is 478 g/mol. The number of carbonyl (C=O) groups excluding carboxylic acids is 1. The molecule has 1 amide bonds. The summed E-state index contributed by atoms with van der Waals surface area (Å²) in [5, 5.41) is 6.35. The number of anilines is 1. The van der Waals surface area contributed by atoms with E-state index in [0.29, 0.717) is 5.02 Å². The molecule has 0 aliphatic rings.